The lowest BCUT2D eigenvalue weighted by molar-refractivity contribution is -0.120. The third-order valence-corrected chi connectivity index (χ3v) is 5.48. The normalized spacial score (nSPS) is 20.3. The van der Waals surface area contributed by atoms with Crippen LogP contribution < -0.4 is 4.74 Å². The highest BCUT2D eigenvalue weighted by Gasteiger charge is 2.59. The first-order chi connectivity index (χ1) is 14.0. The lowest BCUT2D eigenvalue weighted by Gasteiger charge is -2.19. The van der Waals surface area contributed by atoms with Crippen LogP contribution in [0, 0.1) is 25.6 Å². The molecule has 2 aromatic heterocycles. The number of nitrogens with zero attached hydrogens (tertiary/aromatic N) is 3. The number of benzene rings is 1. The average Bonchev–Trinajstić information content (AvgIpc) is 3.44. The second kappa shape index (κ2) is 7.70. The van der Waals surface area contributed by atoms with Crippen LogP contribution in [0.3, 0.4) is 0 Å². The average molecular weight is 391 g/mol. The summed E-state index contributed by atoms with van der Waals surface area (Å²) in [6, 6.07) is 12.0. The van der Waals surface area contributed by atoms with Gasteiger partial charge in [-0.1, -0.05) is 18.2 Å². The summed E-state index contributed by atoms with van der Waals surface area (Å²) >= 11 is 0. The molecule has 1 aliphatic rings. The van der Waals surface area contributed by atoms with Crippen LogP contribution in [-0.4, -0.2) is 27.3 Å². The molecule has 0 radical (unpaired) electrons. The van der Waals surface area contributed by atoms with Gasteiger partial charge in [-0.05, 0) is 50.1 Å². The third kappa shape index (κ3) is 4.01. The highest BCUT2D eigenvalue weighted by Crippen LogP contribution is 2.55. The van der Waals surface area contributed by atoms with Crippen LogP contribution in [0.1, 0.15) is 29.2 Å². The van der Waals surface area contributed by atoms with Gasteiger partial charge in [0.05, 0.1) is 18.5 Å². The molecule has 2 atom stereocenters. The first-order valence-corrected chi connectivity index (χ1v) is 9.60. The number of carbonyl (C=O) groups excluding carboxylic acids is 1. The van der Waals surface area contributed by atoms with Crippen molar-refractivity contribution < 1.29 is 13.9 Å². The van der Waals surface area contributed by atoms with Gasteiger partial charge >= 0.3 is 0 Å². The molecule has 4 rings (SSSR count). The van der Waals surface area contributed by atoms with Gasteiger partial charge in [0.15, 0.2) is 5.75 Å². The van der Waals surface area contributed by atoms with Crippen LogP contribution in [0.4, 0.5) is 4.39 Å². The number of hydrogen-bond acceptors (Lipinski definition) is 5. The van der Waals surface area contributed by atoms with Crippen LogP contribution in [0.5, 0.6) is 5.75 Å². The molecule has 6 heteroatoms. The molecule has 1 fully saturated rings. The maximum Gasteiger partial charge on any atom is 0.158 e. The molecule has 0 saturated heterocycles. The van der Waals surface area contributed by atoms with Crippen molar-refractivity contribution in [2.75, 3.05) is 6.61 Å². The van der Waals surface area contributed by atoms with E-state index < -0.39 is 5.41 Å². The molecule has 1 aromatic carbocycles. The zero-order chi connectivity index (χ0) is 20.4. The minimum absolute atomic E-state index is 0.0911. The second-order valence-corrected chi connectivity index (χ2v) is 7.54. The third-order valence-electron chi connectivity index (χ3n) is 5.48. The molecule has 148 valence electrons. The summed E-state index contributed by atoms with van der Waals surface area (Å²) in [5.41, 5.74) is 1.71. The first-order valence-electron chi connectivity index (χ1n) is 9.60. The van der Waals surface area contributed by atoms with E-state index in [2.05, 4.69) is 15.0 Å². The predicted molar refractivity (Wildman–Crippen MR) is 106 cm³/mol. The second-order valence-electron chi connectivity index (χ2n) is 7.54. The van der Waals surface area contributed by atoms with E-state index in [9.17, 15) is 9.18 Å². The van der Waals surface area contributed by atoms with Crippen molar-refractivity contribution in [3.63, 3.8) is 0 Å². The number of hydrogen-bond donors (Lipinski definition) is 0. The Bertz CT molecular complexity index is 1040. The van der Waals surface area contributed by atoms with E-state index >= 15 is 0 Å². The highest BCUT2D eigenvalue weighted by molar-refractivity contribution is 5.88. The number of rotatable bonds is 7. The largest absolute Gasteiger partial charge is 0.489 e. The fourth-order valence-corrected chi connectivity index (χ4v) is 3.81. The van der Waals surface area contributed by atoms with E-state index in [0.29, 0.717) is 18.0 Å². The van der Waals surface area contributed by atoms with Crippen LogP contribution in [0.25, 0.3) is 0 Å². The highest BCUT2D eigenvalue weighted by atomic mass is 19.1. The number of pyridine rings is 1. The van der Waals surface area contributed by atoms with Crippen LogP contribution >= 0.6 is 0 Å². The smallest absolute Gasteiger partial charge is 0.158 e. The van der Waals surface area contributed by atoms with Gasteiger partial charge in [-0.2, -0.15) is 0 Å². The number of aryl methyl sites for hydroxylation is 2. The van der Waals surface area contributed by atoms with Gasteiger partial charge in [-0.15, -0.1) is 0 Å². The maximum atomic E-state index is 13.9. The molecule has 0 spiro atoms. The maximum absolute atomic E-state index is 13.9. The summed E-state index contributed by atoms with van der Waals surface area (Å²) in [5.74, 6) is 0.782. The standard InChI is InChI=1S/C23H22FN3O2/c1-15-22(13-26-16(2)27-15)29-14-23(17-6-5-7-18(24)10-17)12-20(23)21(28)11-19-8-3-4-9-25-19/h3-10,13,20H,11-12,14H2,1-2H3/t20-,23+/m0/s1. The molecule has 0 aliphatic heterocycles. The van der Waals surface area contributed by atoms with E-state index in [-0.39, 0.29) is 30.5 Å². The van der Waals surface area contributed by atoms with E-state index in [1.165, 1.54) is 12.1 Å². The minimum atomic E-state index is -0.550. The number of Topliss-reactive ketones (excluding diaryl/α,β-unsaturated/α-hetero) is 1. The Labute approximate surface area is 169 Å². The summed E-state index contributed by atoms with van der Waals surface area (Å²) < 4.78 is 19.9. The van der Waals surface area contributed by atoms with Gasteiger partial charge in [0, 0.05) is 29.6 Å². The lowest BCUT2D eigenvalue weighted by Crippen LogP contribution is -2.25. The molecule has 2 heterocycles. The van der Waals surface area contributed by atoms with Crippen molar-refractivity contribution in [3.05, 3.63) is 83.5 Å². The monoisotopic (exact) mass is 391 g/mol. The van der Waals surface area contributed by atoms with Gasteiger partial charge in [0.2, 0.25) is 0 Å². The Morgan fingerprint density at radius 1 is 1.21 bits per heavy atom. The van der Waals surface area contributed by atoms with Crippen molar-refractivity contribution in [2.24, 2.45) is 5.92 Å². The first kappa shape index (κ1) is 19.2. The summed E-state index contributed by atoms with van der Waals surface area (Å²) in [7, 11) is 0. The van der Waals surface area contributed by atoms with E-state index in [1.807, 2.05) is 38.1 Å². The zero-order valence-electron chi connectivity index (χ0n) is 16.4. The fraction of sp³-hybridized carbons (Fsp3) is 0.304. The number of carbonyl (C=O) groups is 1. The van der Waals surface area contributed by atoms with E-state index in [0.717, 1.165) is 17.0 Å². The summed E-state index contributed by atoms with van der Waals surface area (Å²) in [4.78, 5) is 25.7. The molecule has 0 unspecified atom stereocenters. The number of ketones is 1. The van der Waals surface area contributed by atoms with Crippen molar-refractivity contribution in [3.8, 4) is 5.75 Å². The van der Waals surface area contributed by atoms with Gasteiger partial charge < -0.3 is 4.74 Å². The van der Waals surface area contributed by atoms with Gasteiger partial charge in [0.25, 0.3) is 0 Å². The molecule has 29 heavy (non-hydrogen) atoms. The van der Waals surface area contributed by atoms with Crippen molar-refractivity contribution in [1.82, 2.24) is 15.0 Å². The molecular formula is C23H22FN3O2. The van der Waals surface area contributed by atoms with E-state index in [4.69, 9.17) is 4.74 Å². The molecule has 1 aliphatic carbocycles. The Kier molecular flexibility index (Phi) is 5.09. The van der Waals surface area contributed by atoms with Crippen molar-refractivity contribution >= 4 is 5.78 Å². The summed E-state index contributed by atoms with van der Waals surface area (Å²) in [6.45, 7) is 3.94. The van der Waals surface area contributed by atoms with Crippen LogP contribution in [0.15, 0.2) is 54.9 Å². The molecule has 3 aromatic rings. The van der Waals surface area contributed by atoms with Gasteiger partial charge in [-0.25, -0.2) is 14.4 Å². The van der Waals surface area contributed by atoms with Crippen molar-refractivity contribution in [1.29, 1.82) is 0 Å². The number of aromatic nitrogens is 3. The summed E-state index contributed by atoms with van der Waals surface area (Å²) in [6.07, 6.45) is 4.20. The Balaban J connectivity index is 1.57. The molecule has 0 N–H and O–H groups in total. The Morgan fingerprint density at radius 3 is 2.79 bits per heavy atom. The van der Waals surface area contributed by atoms with Crippen LogP contribution in [0.2, 0.25) is 0 Å². The minimum Gasteiger partial charge on any atom is -0.489 e. The zero-order valence-corrected chi connectivity index (χ0v) is 16.4. The van der Waals surface area contributed by atoms with Crippen LogP contribution in [-0.2, 0) is 16.6 Å². The Morgan fingerprint density at radius 2 is 2.07 bits per heavy atom. The molecule has 0 amide bonds. The predicted octanol–water partition coefficient (Wildman–Crippen LogP) is 3.78. The Hall–Kier alpha value is -3.15. The van der Waals surface area contributed by atoms with Gasteiger partial charge in [-0.3, -0.25) is 9.78 Å². The quantitative estimate of drug-likeness (QED) is 0.613. The van der Waals surface area contributed by atoms with Gasteiger partial charge in [0.1, 0.15) is 17.4 Å². The SMILES string of the molecule is Cc1ncc(OC[C@@]2(c3cccc(F)c3)C[C@H]2C(=O)Cc2ccccn2)c(C)n1. The molecule has 5 nitrogen and oxygen atoms in total. The fourth-order valence-electron chi connectivity index (χ4n) is 3.81. The molecule has 1 saturated carbocycles. The van der Waals surface area contributed by atoms with Crippen molar-refractivity contribution in [2.45, 2.75) is 32.1 Å². The van der Waals surface area contributed by atoms with E-state index in [1.54, 1.807) is 18.5 Å². The number of halogens is 1. The topological polar surface area (TPSA) is 65.0 Å². The summed E-state index contributed by atoms with van der Waals surface area (Å²) in [5, 5.41) is 0. The molecule has 0 bridgehead atoms. The lowest BCUT2D eigenvalue weighted by atomic mass is 9.91. The molecular weight excluding hydrogens is 369 g/mol. The number of ether oxygens (including phenoxy) is 1.